The molecular formula is C12H9BrF3NO2. The molecule has 0 atom stereocenters. The molecule has 0 aliphatic heterocycles. The average molecular weight is 336 g/mol. The van der Waals surface area contributed by atoms with Crippen LogP contribution in [0.4, 0.5) is 18.9 Å². The summed E-state index contributed by atoms with van der Waals surface area (Å²) in [6, 6.07) is 7.15. The number of rotatable bonds is 5. The second-order valence-corrected chi connectivity index (χ2v) is 4.36. The van der Waals surface area contributed by atoms with Gasteiger partial charge in [-0.25, -0.2) is 4.39 Å². The van der Waals surface area contributed by atoms with Crippen molar-refractivity contribution in [2.24, 2.45) is 0 Å². The average Bonchev–Trinajstić information content (AvgIpc) is 2.75. The Bertz CT molecular complexity index is 560. The van der Waals surface area contributed by atoms with Gasteiger partial charge in [0.05, 0.1) is 6.54 Å². The van der Waals surface area contributed by atoms with Crippen LogP contribution in [0.25, 0.3) is 0 Å². The van der Waals surface area contributed by atoms with Crippen LogP contribution in [-0.4, -0.2) is 6.61 Å². The Kier molecular flexibility index (Phi) is 4.36. The summed E-state index contributed by atoms with van der Waals surface area (Å²) in [5.74, 6) is -0.688. The van der Waals surface area contributed by atoms with E-state index in [4.69, 9.17) is 4.42 Å². The van der Waals surface area contributed by atoms with E-state index in [1.165, 1.54) is 6.07 Å². The van der Waals surface area contributed by atoms with E-state index >= 15 is 0 Å². The van der Waals surface area contributed by atoms with Crippen molar-refractivity contribution in [2.75, 3.05) is 5.32 Å². The minimum Gasteiger partial charge on any atom is -0.452 e. The van der Waals surface area contributed by atoms with Gasteiger partial charge in [0, 0.05) is 11.8 Å². The summed E-state index contributed by atoms with van der Waals surface area (Å²) in [7, 11) is 0. The van der Waals surface area contributed by atoms with Crippen molar-refractivity contribution in [3.63, 3.8) is 0 Å². The molecule has 0 bridgehead atoms. The first-order valence-corrected chi connectivity index (χ1v) is 6.06. The van der Waals surface area contributed by atoms with Crippen molar-refractivity contribution in [1.29, 1.82) is 0 Å². The van der Waals surface area contributed by atoms with E-state index in [0.29, 0.717) is 22.7 Å². The van der Waals surface area contributed by atoms with Crippen molar-refractivity contribution in [3.05, 3.63) is 46.6 Å². The second-order valence-electron chi connectivity index (χ2n) is 3.58. The number of ether oxygens (including phenoxy) is 1. The van der Waals surface area contributed by atoms with Crippen molar-refractivity contribution in [1.82, 2.24) is 0 Å². The highest BCUT2D eigenvalue weighted by Gasteiger charge is 2.10. The maximum Gasteiger partial charge on any atom is 0.387 e. The summed E-state index contributed by atoms with van der Waals surface area (Å²) >= 11 is 3.16. The van der Waals surface area contributed by atoms with Crippen molar-refractivity contribution < 1.29 is 22.3 Å². The molecule has 1 aromatic carbocycles. The van der Waals surface area contributed by atoms with Gasteiger partial charge < -0.3 is 14.5 Å². The Labute approximate surface area is 115 Å². The smallest absolute Gasteiger partial charge is 0.387 e. The molecule has 0 amide bonds. The van der Waals surface area contributed by atoms with Gasteiger partial charge in [-0.1, -0.05) is 0 Å². The molecule has 1 N–H and O–H groups in total. The minimum atomic E-state index is -3.05. The number of nitrogens with one attached hydrogen (secondary N) is 1. The van der Waals surface area contributed by atoms with Crippen LogP contribution < -0.4 is 10.1 Å². The third-order valence-corrected chi connectivity index (χ3v) is 2.67. The molecule has 2 aromatic rings. The second kappa shape index (κ2) is 6.01. The lowest BCUT2D eigenvalue weighted by Gasteiger charge is -2.08. The Balaban J connectivity index is 1.99. The number of furan rings is 1. The third kappa shape index (κ3) is 3.92. The Morgan fingerprint density at radius 1 is 1.26 bits per heavy atom. The normalized spacial score (nSPS) is 10.8. The Morgan fingerprint density at radius 3 is 2.63 bits per heavy atom. The molecule has 19 heavy (non-hydrogen) atoms. The molecule has 0 saturated carbocycles. The van der Waals surface area contributed by atoms with Crippen LogP contribution in [0.5, 0.6) is 5.75 Å². The summed E-state index contributed by atoms with van der Waals surface area (Å²) in [4.78, 5) is 0. The lowest BCUT2D eigenvalue weighted by molar-refractivity contribution is -0.0521. The van der Waals surface area contributed by atoms with E-state index < -0.39 is 18.2 Å². The van der Waals surface area contributed by atoms with Gasteiger partial charge in [0.15, 0.2) is 16.2 Å². The monoisotopic (exact) mass is 335 g/mol. The van der Waals surface area contributed by atoms with E-state index in [9.17, 15) is 13.2 Å². The highest BCUT2D eigenvalue weighted by atomic mass is 79.9. The van der Waals surface area contributed by atoms with Gasteiger partial charge in [-0.15, -0.1) is 0 Å². The summed E-state index contributed by atoms with van der Waals surface area (Å²) in [5, 5.41) is 2.90. The number of halogens is 4. The van der Waals surface area contributed by atoms with Crippen molar-refractivity contribution in [2.45, 2.75) is 13.2 Å². The molecule has 0 fully saturated rings. The predicted molar refractivity (Wildman–Crippen MR) is 66.8 cm³/mol. The van der Waals surface area contributed by atoms with Crippen molar-refractivity contribution in [3.8, 4) is 5.75 Å². The van der Waals surface area contributed by atoms with Gasteiger partial charge in [0.2, 0.25) is 0 Å². The molecule has 0 saturated heterocycles. The van der Waals surface area contributed by atoms with Gasteiger partial charge in [-0.2, -0.15) is 8.78 Å². The fraction of sp³-hybridized carbons (Fsp3) is 0.167. The maximum absolute atomic E-state index is 13.4. The zero-order valence-corrected chi connectivity index (χ0v) is 11.1. The number of benzene rings is 1. The fourth-order valence-electron chi connectivity index (χ4n) is 1.44. The van der Waals surface area contributed by atoms with Gasteiger partial charge in [-0.05, 0) is 40.2 Å². The quantitative estimate of drug-likeness (QED) is 0.879. The zero-order chi connectivity index (χ0) is 13.8. The molecule has 7 heteroatoms. The molecule has 2 rings (SSSR count). The summed E-state index contributed by atoms with van der Waals surface area (Å²) in [6.45, 7) is -2.70. The molecule has 0 unspecified atom stereocenters. The SMILES string of the molecule is Fc1cc(NCc2ccc(Br)o2)ccc1OC(F)F. The highest BCUT2D eigenvalue weighted by Crippen LogP contribution is 2.23. The molecule has 1 aromatic heterocycles. The lowest BCUT2D eigenvalue weighted by Crippen LogP contribution is -2.04. The lowest BCUT2D eigenvalue weighted by atomic mass is 10.3. The number of hydrogen-bond acceptors (Lipinski definition) is 3. The van der Waals surface area contributed by atoms with Gasteiger partial charge in [0.1, 0.15) is 5.76 Å². The zero-order valence-electron chi connectivity index (χ0n) is 9.50. The van der Waals surface area contributed by atoms with Gasteiger partial charge in [0.25, 0.3) is 0 Å². The fourth-order valence-corrected chi connectivity index (χ4v) is 1.78. The van der Waals surface area contributed by atoms with Crippen LogP contribution in [0.3, 0.4) is 0 Å². The Morgan fingerprint density at radius 2 is 2.05 bits per heavy atom. The molecule has 0 spiro atoms. The molecular weight excluding hydrogens is 327 g/mol. The van der Waals surface area contributed by atoms with Gasteiger partial charge >= 0.3 is 6.61 Å². The Hall–Kier alpha value is -1.63. The standard InChI is InChI=1S/C12H9BrF3NO2/c13-11-4-2-8(18-11)6-17-7-1-3-10(9(14)5-7)19-12(15)16/h1-5,12,17H,6H2. The van der Waals surface area contributed by atoms with E-state index in [-0.39, 0.29) is 0 Å². The largest absolute Gasteiger partial charge is 0.452 e. The highest BCUT2D eigenvalue weighted by molar-refractivity contribution is 9.10. The van der Waals surface area contributed by atoms with Crippen LogP contribution in [0.15, 0.2) is 39.4 Å². The van der Waals surface area contributed by atoms with E-state index in [1.54, 1.807) is 12.1 Å². The summed E-state index contributed by atoms with van der Waals surface area (Å²) < 4.78 is 47.2. The third-order valence-electron chi connectivity index (χ3n) is 2.24. The molecule has 3 nitrogen and oxygen atoms in total. The molecule has 1 heterocycles. The number of hydrogen-bond donors (Lipinski definition) is 1. The van der Waals surface area contributed by atoms with E-state index in [1.807, 2.05) is 0 Å². The number of anilines is 1. The summed E-state index contributed by atoms with van der Waals surface area (Å²) in [5.41, 5.74) is 0.437. The van der Waals surface area contributed by atoms with Crippen LogP contribution in [0, 0.1) is 5.82 Å². The van der Waals surface area contributed by atoms with Crippen LogP contribution in [-0.2, 0) is 6.54 Å². The topological polar surface area (TPSA) is 34.4 Å². The van der Waals surface area contributed by atoms with Crippen LogP contribution in [0.1, 0.15) is 5.76 Å². The molecule has 0 radical (unpaired) electrons. The van der Waals surface area contributed by atoms with Crippen LogP contribution in [0.2, 0.25) is 0 Å². The number of alkyl halides is 2. The first kappa shape index (κ1) is 13.8. The predicted octanol–water partition coefficient (Wildman–Crippen LogP) is 4.39. The van der Waals surface area contributed by atoms with E-state index in [2.05, 4.69) is 26.0 Å². The first-order valence-electron chi connectivity index (χ1n) is 5.27. The molecule has 102 valence electrons. The van der Waals surface area contributed by atoms with Crippen molar-refractivity contribution >= 4 is 21.6 Å². The summed E-state index contributed by atoms with van der Waals surface area (Å²) in [6.07, 6.45) is 0. The molecule has 0 aliphatic rings. The van der Waals surface area contributed by atoms with Crippen LogP contribution >= 0.6 is 15.9 Å². The molecule has 0 aliphatic carbocycles. The minimum absolute atomic E-state index is 0.347. The maximum atomic E-state index is 13.4. The van der Waals surface area contributed by atoms with Gasteiger partial charge in [-0.3, -0.25) is 0 Å². The van der Waals surface area contributed by atoms with E-state index in [0.717, 1.165) is 12.1 Å². The first-order chi connectivity index (χ1) is 9.04.